The molecule has 0 unspecified atom stereocenters. The molecule has 15 heavy (non-hydrogen) atoms. The normalized spacial score (nSPS) is 16.2. The van der Waals surface area contributed by atoms with Crippen LogP contribution in [0.1, 0.15) is 18.9 Å². The molecule has 1 heterocycles. The van der Waals surface area contributed by atoms with E-state index in [9.17, 15) is 13.2 Å². The Balaban J connectivity index is 2.35. The van der Waals surface area contributed by atoms with Gasteiger partial charge >= 0.3 is 0 Å². The lowest BCUT2D eigenvalue weighted by molar-refractivity contribution is 0.453. The van der Waals surface area contributed by atoms with E-state index in [1.807, 2.05) is 0 Å². The van der Waals surface area contributed by atoms with Crippen LogP contribution in [0.2, 0.25) is 0 Å². The van der Waals surface area contributed by atoms with Gasteiger partial charge in [-0.3, -0.25) is 0 Å². The van der Waals surface area contributed by atoms with E-state index in [2.05, 4.69) is 0 Å². The van der Waals surface area contributed by atoms with Gasteiger partial charge in [-0.05, 0) is 18.9 Å². The van der Waals surface area contributed by atoms with Crippen LogP contribution in [-0.2, 0) is 0 Å². The van der Waals surface area contributed by atoms with Gasteiger partial charge in [0.1, 0.15) is 0 Å². The number of benzene rings is 1. The van der Waals surface area contributed by atoms with Crippen LogP contribution in [-0.4, -0.2) is 4.57 Å². The van der Waals surface area contributed by atoms with Crippen molar-refractivity contribution in [3.05, 3.63) is 35.8 Å². The first kappa shape index (κ1) is 8.83. The van der Waals surface area contributed by atoms with Gasteiger partial charge in [-0.2, -0.15) is 0 Å². The summed E-state index contributed by atoms with van der Waals surface area (Å²) in [5.41, 5.74) is 0.439. The Hall–Kier alpha value is -1.45. The average Bonchev–Trinajstić information content (AvgIpc) is 2.97. The second kappa shape index (κ2) is 2.78. The summed E-state index contributed by atoms with van der Waals surface area (Å²) in [6, 6.07) is 2.88. The highest BCUT2D eigenvalue weighted by Gasteiger charge is 2.26. The average molecular weight is 211 g/mol. The first-order valence-electron chi connectivity index (χ1n) is 4.82. The standard InChI is InChI=1S/C11H8F3N/c12-8-5-9-7(10(13)11(8)14)3-4-15(9)6-1-2-6/h3-6H,1-2H2. The molecule has 0 atom stereocenters. The Morgan fingerprint density at radius 2 is 1.87 bits per heavy atom. The molecule has 0 spiro atoms. The van der Waals surface area contributed by atoms with E-state index in [1.165, 1.54) is 6.07 Å². The van der Waals surface area contributed by atoms with E-state index < -0.39 is 17.5 Å². The summed E-state index contributed by atoms with van der Waals surface area (Å²) in [4.78, 5) is 0. The maximum absolute atomic E-state index is 13.3. The summed E-state index contributed by atoms with van der Waals surface area (Å²) < 4.78 is 41.1. The topological polar surface area (TPSA) is 4.93 Å². The Morgan fingerprint density at radius 1 is 1.13 bits per heavy atom. The zero-order chi connectivity index (χ0) is 10.6. The Morgan fingerprint density at radius 3 is 2.53 bits per heavy atom. The van der Waals surface area contributed by atoms with Gasteiger partial charge in [0.15, 0.2) is 17.5 Å². The molecule has 0 saturated heterocycles. The molecule has 0 aliphatic heterocycles. The second-order valence-corrected chi connectivity index (χ2v) is 3.87. The number of rotatable bonds is 1. The van der Waals surface area contributed by atoms with Crippen LogP contribution >= 0.6 is 0 Å². The van der Waals surface area contributed by atoms with Crippen LogP contribution in [0.5, 0.6) is 0 Å². The largest absolute Gasteiger partial charge is 0.344 e. The summed E-state index contributed by atoms with van der Waals surface area (Å²) in [5.74, 6) is -3.61. The first-order valence-corrected chi connectivity index (χ1v) is 4.82. The van der Waals surface area contributed by atoms with Gasteiger partial charge in [0, 0.05) is 23.7 Å². The van der Waals surface area contributed by atoms with Crippen molar-refractivity contribution in [2.24, 2.45) is 0 Å². The Labute approximate surface area is 84.1 Å². The highest BCUT2D eigenvalue weighted by Crippen LogP contribution is 2.38. The molecule has 4 heteroatoms. The predicted octanol–water partition coefficient (Wildman–Crippen LogP) is 3.39. The van der Waals surface area contributed by atoms with Crippen LogP contribution in [0.25, 0.3) is 10.9 Å². The molecule has 0 amide bonds. The Bertz CT molecular complexity index is 540. The van der Waals surface area contributed by atoms with E-state index in [0.29, 0.717) is 11.6 Å². The van der Waals surface area contributed by atoms with Crippen LogP contribution < -0.4 is 0 Å². The minimum Gasteiger partial charge on any atom is -0.344 e. The number of halogens is 3. The highest BCUT2D eigenvalue weighted by molar-refractivity contribution is 5.81. The van der Waals surface area contributed by atoms with Crippen LogP contribution in [0.15, 0.2) is 18.3 Å². The molecule has 0 bridgehead atoms. The third kappa shape index (κ3) is 1.17. The smallest absolute Gasteiger partial charge is 0.195 e. The third-order valence-electron chi connectivity index (χ3n) is 2.80. The fourth-order valence-corrected chi connectivity index (χ4v) is 1.88. The van der Waals surface area contributed by atoms with Gasteiger partial charge in [0.25, 0.3) is 0 Å². The summed E-state index contributed by atoms with van der Waals surface area (Å²) in [6.07, 6.45) is 3.72. The lowest BCUT2D eigenvalue weighted by Gasteiger charge is -2.03. The molecule has 2 aromatic rings. The lowest BCUT2D eigenvalue weighted by atomic mass is 10.2. The third-order valence-corrected chi connectivity index (χ3v) is 2.80. The van der Waals surface area contributed by atoms with Crippen molar-refractivity contribution in [2.75, 3.05) is 0 Å². The number of hydrogen-bond donors (Lipinski definition) is 0. The second-order valence-electron chi connectivity index (χ2n) is 3.87. The fraction of sp³-hybridized carbons (Fsp3) is 0.273. The zero-order valence-electron chi connectivity index (χ0n) is 7.80. The molecule has 1 aliphatic rings. The molecule has 0 N–H and O–H groups in total. The van der Waals surface area contributed by atoms with Crippen molar-refractivity contribution < 1.29 is 13.2 Å². The summed E-state index contributed by atoms with van der Waals surface area (Å²) in [7, 11) is 0. The van der Waals surface area contributed by atoms with Crippen molar-refractivity contribution in [1.29, 1.82) is 0 Å². The lowest BCUT2D eigenvalue weighted by Crippen LogP contribution is -1.95. The molecule has 0 radical (unpaired) electrons. The number of fused-ring (bicyclic) bond motifs is 1. The molecule has 1 aromatic heterocycles. The quantitative estimate of drug-likeness (QED) is 0.637. The molecule has 1 aliphatic carbocycles. The molecular weight excluding hydrogens is 203 g/mol. The van der Waals surface area contributed by atoms with Crippen LogP contribution in [0.4, 0.5) is 13.2 Å². The van der Waals surface area contributed by atoms with E-state index in [-0.39, 0.29) is 5.39 Å². The van der Waals surface area contributed by atoms with Crippen molar-refractivity contribution in [3.63, 3.8) is 0 Å². The van der Waals surface area contributed by atoms with E-state index in [4.69, 9.17) is 0 Å². The monoisotopic (exact) mass is 211 g/mol. The Kier molecular flexibility index (Phi) is 1.63. The highest BCUT2D eigenvalue weighted by atomic mass is 19.2. The maximum atomic E-state index is 13.3. The van der Waals surface area contributed by atoms with Crippen LogP contribution in [0.3, 0.4) is 0 Å². The van der Waals surface area contributed by atoms with E-state index >= 15 is 0 Å². The van der Waals surface area contributed by atoms with Gasteiger partial charge in [0.2, 0.25) is 0 Å². The molecule has 1 fully saturated rings. The summed E-state index contributed by atoms with van der Waals surface area (Å²) >= 11 is 0. The molecule has 1 nitrogen and oxygen atoms in total. The molecular formula is C11H8F3N. The van der Waals surface area contributed by atoms with Crippen molar-refractivity contribution in [2.45, 2.75) is 18.9 Å². The SMILES string of the molecule is Fc1cc2c(ccn2C2CC2)c(F)c1F. The molecule has 78 valence electrons. The predicted molar refractivity (Wildman–Crippen MR) is 50.1 cm³/mol. The van der Waals surface area contributed by atoms with Gasteiger partial charge in [-0.15, -0.1) is 0 Å². The zero-order valence-corrected chi connectivity index (χ0v) is 7.80. The summed E-state index contributed by atoms with van der Waals surface area (Å²) in [6.45, 7) is 0. The minimum atomic E-state index is -1.39. The van der Waals surface area contributed by atoms with Gasteiger partial charge in [-0.25, -0.2) is 13.2 Å². The van der Waals surface area contributed by atoms with Crippen LogP contribution in [0, 0.1) is 17.5 Å². The molecule has 1 saturated carbocycles. The van der Waals surface area contributed by atoms with Gasteiger partial charge < -0.3 is 4.57 Å². The van der Waals surface area contributed by atoms with Crippen molar-refractivity contribution in [3.8, 4) is 0 Å². The number of aromatic nitrogens is 1. The maximum Gasteiger partial charge on any atom is 0.195 e. The number of nitrogens with zero attached hydrogens (tertiary/aromatic N) is 1. The van der Waals surface area contributed by atoms with E-state index in [0.717, 1.165) is 18.9 Å². The van der Waals surface area contributed by atoms with Gasteiger partial charge in [0.05, 0.1) is 5.52 Å². The first-order chi connectivity index (χ1) is 7.18. The number of hydrogen-bond acceptors (Lipinski definition) is 0. The van der Waals surface area contributed by atoms with Gasteiger partial charge in [-0.1, -0.05) is 0 Å². The van der Waals surface area contributed by atoms with Crippen molar-refractivity contribution in [1.82, 2.24) is 4.57 Å². The summed E-state index contributed by atoms with van der Waals surface area (Å²) in [5, 5.41) is 0.154. The molecule has 1 aromatic carbocycles. The minimum absolute atomic E-state index is 0.154. The van der Waals surface area contributed by atoms with E-state index in [1.54, 1.807) is 10.8 Å². The molecule has 3 rings (SSSR count). The van der Waals surface area contributed by atoms with Crippen molar-refractivity contribution >= 4 is 10.9 Å². The fourth-order valence-electron chi connectivity index (χ4n) is 1.88.